The molecule has 2 aliphatic rings. The van der Waals surface area contributed by atoms with E-state index in [2.05, 4.69) is 73.8 Å². The highest BCUT2D eigenvalue weighted by Gasteiger charge is 2.32. The Kier molecular flexibility index (Phi) is 6.15. The van der Waals surface area contributed by atoms with Gasteiger partial charge in [-0.3, -0.25) is 10.3 Å². The fourth-order valence-electron chi connectivity index (χ4n) is 6.45. The van der Waals surface area contributed by atoms with Gasteiger partial charge in [-0.15, -0.1) is 0 Å². The molecule has 2 heterocycles. The second kappa shape index (κ2) is 10.5. The SMILES string of the molecule is O=C(Nc1nc(C(=O)OCC2c3ccccc3-c3ccccc32)nc2[nH+]c[nH]c12)OCC1c2ccccc2-c2ccccc21. The van der Waals surface area contributed by atoms with Crippen LogP contribution in [0.5, 0.6) is 0 Å². The minimum absolute atomic E-state index is 0.0891. The Morgan fingerprint density at radius 1 is 0.682 bits per heavy atom. The second-order valence-corrected chi connectivity index (χ2v) is 10.8. The zero-order valence-electron chi connectivity index (χ0n) is 23.4. The van der Waals surface area contributed by atoms with Crippen molar-refractivity contribution in [2.24, 2.45) is 0 Å². The standard InChI is InChI=1S/C35H25N5O4/c41-34(43-17-28-24-13-5-1-9-20(24)21-10-2-6-14-25(21)28)33-38-31-30(36-19-37-31)32(39-33)40-35(42)44-18-29-26-15-7-3-11-22(26)23-12-4-8-16-27(23)29/h1-16,19,28-29H,17-18H2,(H2,36,37,38,39,40,42)/p+1. The molecular formula is C35H26N5O4+. The Morgan fingerprint density at radius 3 is 1.68 bits per heavy atom. The summed E-state index contributed by atoms with van der Waals surface area (Å²) < 4.78 is 11.5. The topological polar surface area (TPSA) is 120 Å². The van der Waals surface area contributed by atoms with Gasteiger partial charge in [-0.25, -0.2) is 14.6 Å². The van der Waals surface area contributed by atoms with Gasteiger partial charge in [0.25, 0.3) is 0 Å². The van der Waals surface area contributed by atoms with Crippen LogP contribution in [-0.4, -0.2) is 40.2 Å². The van der Waals surface area contributed by atoms with Gasteiger partial charge in [0.1, 0.15) is 13.2 Å². The van der Waals surface area contributed by atoms with Gasteiger partial charge < -0.3 is 9.47 Å². The number of carbonyl (C=O) groups excluding carboxylic acids is 2. The summed E-state index contributed by atoms with van der Waals surface area (Å²) in [6, 6.07) is 32.5. The lowest BCUT2D eigenvalue weighted by atomic mass is 9.98. The Labute approximate surface area is 251 Å². The van der Waals surface area contributed by atoms with Crippen molar-refractivity contribution in [3.63, 3.8) is 0 Å². The van der Waals surface area contributed by atoms with Crippen molar-refractivity contribution >= 4 is 29.0 Å². The number of anilines is 1. The van der Waals surface area contributed by atoms with Gasteiger partial charge >= 0.3 is 23.5 Å². The second-order valence-electron chi connectivity index (χ2n) is 10.8. The number of nitrogens with one attached hydrogen (secondary N) is 3. The molecule has 9 nitrogen and oxygen atoms in total. The minimum Gasteiger partial charge on any atom is -0.458 e. The third-order valence-electron chi connectivity index (χ3n) is 8.42. The van der Waals surface area contributed by atoms with E-state index in [-0.39, 0.29) is 36.7 Å². The van der Waals surface area contributed by atoms with Crippen LogP contribution in [0.3, 0.4) is 0 Å². The average Bonchev–Trinajstić information content (AvgIpc) is 3.76. The summed E-state index contributed by atoms with van der Waals surface area (Å²) >= 11 is 0. The quantitative estimate of drug-likeness (QED) is 0.230. The number of fused-ring (bicyclic) bond motifs is 7. The van der Waals surface area contributed by atoms with Gasteiger partial charge in [-0.05, 0) is 44.5 Å². The van der Waals surface area contributed by atoms with E-state index in [1.807, 2.05) is 48.5 Å². The van der Waals surface area contributed by atoms with Crippen molar-refractivity contribution in [2.75, 3.05) is 18.5 Å². The molecule has 2 aromatic heterocycles. The van der Waals surface area contributed by atoms with Crippen LogP contribution in [0, 0.1) is 0 Å². The molecule has 4 aromatic carbocycles. The summed E-state index contributed by atoms with van der Waals surface area (Å²) in [5.41, 5.74) is 9.77. The monoisotopic (exact) mass is 580 g/mol. The molecule has 0 unspecified atom stereocenters. The van der Waals surface area contributed by atoms with E-state index in [0.717, 1.165) is 44.5 Å². The number of esters is 1. The molecule has 0 bridgehead atoms. The fourth-order valence-corrected chi connectivity index (χ4v) is 6.45. The molecule has 9 heteroatoms. The maximum atomic E-state index is 13.2. The predicted octanol–water partition coefficient (Wildman–Crippen LogP) is 6.10. The minimum atomic E-state index is -0.695. The Balaban J connectivity index is 0.992. The van der Waals surface area contributed by atoms with E-state index in [1.165, 1.54) is 0 Å². The van der Waals surface area contributed by atoms with Crippen LogP contribution in [0.1, 0.15) is 44.7 Å². The summed E-state index contributed by atoms with van der Waals surface area (Å²) in [6.07, 6.45) is 0.851. The Morgan fingerprint density at radius 2 is 1.16 bits per heavy atom. The average molecular weight is 581 g/mol. The van der Waals surface area contributed by atoms with E-state index >= 15 is 0 Å². The fraction of sp³-hybridized carbons (Fsp3) is 0.114. The number of hydrogen-bond donors (Lipinski definition) is 2. The van der Waals surface area contributed by atoms with E-state index in [0.29, 0.717) is 11.2 Å². The normalized spacial score (nSPS) is 13.2. The molecule has 44 heavy (non-hydrogen) atoms. The molecule has 0 saturated heterocycles. The van der Waals surface area contributed by atoms with E-state index < -0.39 is 12.1 Å². The lowest BCUT2D eigenvalue weighted by Gasteiger charge is -2.14. The highest BCUT2D eigenvalue weighted by atomic mass is 16.5. The smallest absolute Gasteiger partial charge is 0.412 e. The number of nitrogens with zero attached hydrogens (tertiary/aromatic N) is 2. The van der Waals surface area contributed by atoms with Gasteiger partial charge in [0.15, 0.2) is 12.1 Å². The Hall–Kier alpha value is -5.83. The number of aromatic nitrogens is 4. The van der Waals surface area contributed by atoms with Gasteiger partial charge in [0.2, 0.25) is 5.52 Å². The molecular weight excluding hydrogens is 554 g/mol. The van der Waals surface area contributed by atoms with Crippen molar-refractivity contribution in [3.05, 3.63) is 131 Å². The summed E-state index contributed by atoms with van der Waals surface area (Å²) in [6.45, 7) is 0.268. The zero-order chi connectivity index (χ0) is 29.6. The highest BCUT2D eigenvalue weighted by Crippen LogP contribution is 2.45. The number of aromatic amines is 2. The molecule has 0 atom stereocenters. The molecule has 6 aromatic rings. The van der Waals surface area contributed by atoms with Gasteiger partial charge in [-0.2, -0.15) is 4.98 Å². The van der Waals surface area contributed by atoms with Crippen LogP contribution in [0.4, 0.5) is 10.6 Å². The first-order valence-electron chi connectivity index (χ1n) is 14.4. The van der Waals surface area contributed by atoms with Crippen molar-refractivity contribution < 1.29 is 24.0 Å². The van der Waals surface area contributed by atoms with Gasteiger partial charge in [-0.1, -0.05) is 102 Å². The van der Waals surface area contributed by atoms with Crippen LogP contribution >= 0.6 is 0 Å². The number of rotatable bonds is 6. The number of benzene rings is 4. The molecule has 0 spiro atoms. The number of hydrogen-bond acceptors (Lipinski definition) is 6. The maximum absolute atomic E-state index is 13.2. The summed E-state index contributed by atoms with van der Waals surface area (Å²) in [5.74, 6) is -0.959. The van der Waals surface area contributed by atoms with Crippen LogP contribution in [0.25, 0.3) is 33.4 Å². The molecule has 0 fully saturated rings. The van der Waals surface area contributed by atoms with Gasteiger partial charge in [0.05, 0.1) is 0 Å². The van der Waals surface area contributed by atoms with Crippen molar-refractivity contribution in [1.82, 2.24) is 15.0 Å². The van der Waals surface area contributed by atoms with Gasteiger partial charge in [0, 0.05) is 11.8 Å². The number of imidazole rings is 1. The summed E-state index contributed by atoms with van der Waals surface area (Å²) in [5, 5.41) is 2.69. The van der Waals surface area contributed by atoms with Crippen molar-refractivity contribution in [2.45, 2.75) is 11.8 Å². The number of carbonyl (C=O) groups is 2. The maximum Gasteiger partial charge on any atom is 0.412 e. The lowest BCUT2D eigenvalue weighted by Crippen LogP contribution is -2.21. The molecule has 214 valence electrons. The third-order valence-corrected chi connectivity index (χ3v) is 8.42. The zero-order valence-corrected chi connectivity index (χ0v) is 23.4. The van der Waals surface area contributed by atoms with E-state index in [1.54, 1.807) is 6.33 Å². The molecule has 2 aliphatic carbocycles. The third kappa shape index (κ3) is 4.29. The highest BCUT2D eigenvalue weighted by molar-refractivity contribution is 5.95. The largest absolute Gasteiger partial charge is 0.458 e. The van der Waals surface area contributed by atoms with Crippen molar-refractivity contribution in [3.8, 4) is 22.3 Å². The number of H-pyrrole nitrogens is 2. The molecule has 1 amide bonds. The van der Waals surface area contributed by atoms with Crippen LogP contribution in [0.2, 0.25) is 0 Å². The summed E-state index contributed by atoms with van der Waals surface area (Å²) in [4.78, 5) is 40.9. The van der Waals surface area contributed by atoms with E-state index in [9.17, 15) is 9.59 Å². The number of ether oxygens (including phenoxy) is 2. The Bertz CT molecular complexity index is 2000. The first kappa shape index (κ1) is 25.8. The summed E-state index contributed by atoms with van der Waals surface area (Å²) in [7, 11) is 0. The lowest BCUT2D eigenvalue weighted by molar-refractivity contribution is -0.347. The molecule has 8 rings (SSSR count). The van der Waals surface area contributed by atoms with E-state index in [4.69, 9.17) is 9.47 Å². The van der Waals surface area contributed by atoms with Crippen molar-refractivity contribution in [1.29, 1.82) is 0 Å². The first-order valence-corrected chi connectivity index (χ1v) is 14.4. The number of amides is 1. The molecule has 3 N–H and O–H groups in total. The van der Waals surface area contributed by atoms with Crippen LogP contribution in [-0.2, 0) is 9.47 Å². The molecule has 0 radical (unpaired) electrons. The van der Waals surface area contributed by atoms with Crippen LogP contribution in [0.15, 0.2) is 103 Å². The molecule has 0 aliphatic heterocycles. The molecule has 0 saturated carbocycles. The van der Waals surface area contributed by atoms with Crippen LogP contribution < -0.4 is 10.3 Å². The first-order chi connectivity index (χ1) is 21.7. The predicted molar refractivity (Wildman–Crippen MR) is 163 cm³/mol.